The third-order valence-corrected chi connectivity index (χ3v) is 3.49. The Morgan fingerprint density at radius 3 is 2.83 bits per heavy atom. The molecule has 12 heavy (non-hydrogen) atoms. The number of nitrogens with one attached hydrogen (secondary N) is 1. The zero-order valence-electron chi connectivity index (χ0n) is 7.34. The second-order valence-electron chi connectivity index (χ2n) is 3.30. The summed E-state index contributed by atoms with van der Waals surface area (Å²) >= 11 is 1.80. The van der Waals surface area contributed by atoms with E-state index in [1.165, 1.54) is 30.7 Å². The van der Waals surface area contributed by atoms with Crippen LogP contribution < -0.4 is 5.32 Å². The highest BCUT2D eigenvalue weighted by Gasteiger charge is 2.19. The van der Waals surface area contributed by atoms with Gasteiger partial charge in [-0.05, 0) is 12.8 Å². The summed E-state index contributed by atoms with van der Waals surface area (Å²) in [6.07, 6.45) is 5.46. The fraction of sp³-hybridized carbons (Fsp3) is 0.667. The molecule has 0 amide bonds. The molecular weight excluding hydrogens is 168 g/mol. The normalized spacial score (nSPS) is 18.4. The Morgan fingerprint density at radius 2 is 2.25 bits per heavy atom. The van der Waals surface area contributed by atoms with E-state index in [-0.39, 0.29) is 0 Å². The molecule has 1 fully saturated rings. The summed E-state index contributed by atoms with van der Waals surface area (Å²) in [6.45, 7) is 0. The first kappa shape index (κ1) is 8.05. The lowest BCUT2D eigenvalue weighted by Gasteiger charge is -2.02. The minimum absolute atomic E-state index is 0.761. The summed E-state index contributed by atoms with van der Waals surface area (Å²) in [6, 6.07) is 0. The molecule has 0 atom stereocenters. The molecule has 0 radical (unpaired) electrons. The largest absolute Gasteiger partial charge is 0.372 e. The van der Waals surface area contributed by atoms with Crippen molar-refractivity contribution < 1.29 is 0 Å². The SMILES string of the molecule is CNc1csc(C2CCCC2)n1. The Morgan fingerprint density at radius 1 is 1.50 bits per heavy atom. The quantitative estimate of drug-likeness (QED) is 0.760. The van der Waals surface area contributed by atoms with Gasteiger partial charge in [0, 0.05) is 18.3 Å². The number of anilines is 1. The van der Waals surface area contributed by atoms with Crippen molar-refractivity contribution in [2.75, 3.05) is 12.4 Å². The van der Waals surface area contributed by atoms with Crippen molar-refractivity contribution in [3.05, 3.63) is 10.4 Å². The average Bonchev–Trinajstić information content (AvgIpc) is 2.75. The van der Waals surface area contributed by atoms with Crippen LogP contribution in [-0.2, 0) is 0 Å². The van der Waals surface area contributed by atoms with Gasteiger partial charge in [-0.15, -0.1) is 11.3 Å². The van der Waals surface area contributed by atoms with Gasteiger partial charge in [-0.2, -0.15) is 0 Å². The highest BCUT2D eigenvalue weighted by molar-refractivity contribution is 7.10. The van der Waals surface area contributed by atoms with Crippen LogP contribution in [-0.4, -0.2) is 12.0 Å². The van der Waals surface area contributed by atoms with Gasteiger partial charge in [-0.1, -0.05) is 12.8 Å². The van der Waals surface area contributed by atoms with E-state index in [1.54, 1.807) is 11.3 Å². The summed E-state index contributed by atoms with van der Waals surface area (Å²) in [5.74, 6) is 1.79. The van der Waals surface area contributed by atoms with E-state index in [9.17, 15) is 0 Å². The number of hydrogen-bond acceptors (Lipinski definition) is 3. The number of hydrogen-bond donors (Lipinski definition) is 1. The van der Waals surface area contributed by atoms with Crippen LogP contribution in [0.3, 0.4) is 0 Å². The maximum atomic E-state index is 4.52. The summed E-state index contributed by atoms with van der Waals surface area (Å²) < 4.78 is 0. The molecule has 0 unspecified atom stereocenters. The van der Waals surface area contributed by atoms with Gasteiger partial charge in [0.15, 0.2) is 0 Å². The number of nitrogens with zero attached hydrogens (tertiary/aromatic N) is 1. The van der Waals surface area contributed by atoms with Crippen LogP contribution in [0.2, 0.25) is 0 Å². The standard InChI is InChI=1S/C9H14N2S/c1-10-8-6-12-9(11-8)7-4-2-3-5-7/h6-7,10H,2-5H2,1H3. The lowest BCUT2D eigenvalue weighted by Crippen LogP contribution is -1.92. The van der Waals surface area contributed by atoms with Gasteiger partial charge in [-0.25, -0.2) is 4.98 Å². The van der Waals surface area contributed by atoms with Gasteiger partial charge < -0.3 is 5.32 Å². The fourth-order valence-corrected chi connectivity index (χ4v) is 2.74. The molecule has 66 valence electrons. The molecule has 3 heteroatoms. The molecule has 1 aliphatic carbocycles. The molecule has 0 aliphatic heterocycles. The molecule has 0 saturated heterocycles. The Labute approximate surface area is 77.0 Å². The lowest BCUT2D eigenvalue weighted by molar-refractivity contribution is 0.717. The molecule has 1 N–H and O–H groups in total. The zero-order valence-corrected chi connectivity index (χ0v) is 8.16. The Bertz CT molecular complexity index is 251. The summed E-state index contributed by atoms with van der Waals surface area (Å²) in [5, 5.41) is 6.51. The minimum Gasteiger partial charge on any atom is -0.372 e. The molecule has 0 spiro atoms. The maximum Gasteiger partial charge on any atom is 0.137 e. The van der Waals surface area contributed by atoms with Crippen LogP contribution in [0.5, 0.6) is 0 Å². The van der Waals surface area contributed by atoms with E-state index >= 15 is 0 Å². The first-order chi connectivity index (χ1) is 5.90. The molecule has 1 aromatic heterocycles. The summed E-state index contributed by atoms with van der Waals surface area (Å²) in [7, 11) is 1.92. The lowest BCUT2D eigenvalue weighted by atomic mass is 10.1. The molecule has 1 aromatic rings. The van der Waals surface area contributed by atoms with Crippen molar-refractivity contribution in [2.45, 2.75) is 31.6 Å². The van der Waals surface area contributed by atoms with E-state index in [1.807, 2.05) is 7.05 Å². The molecular formula is C9H14N2S. The van der Waals surface area contributed by atoms with E-state index in [4.69, 9.17) is 0 Å². The number of aromatic nitrogens is 1. The monoisotopic (exact) mass is 182 g/mol. The highest BCUT2D eigenvalue weighted by atomic mass is 32.1. The van der Waals surface area contributed by atoms with Crippen LogP contribution in [0.4, 0.5) is 5.82 Å². The van der Waals surface area contributed by atoms with Crippen molar-refractivity contribution >= 4 is 17.2 Å². The number of rotatable bonds is 2. The van der Waals surface area contributed by atoms with Crippen LogP contribution in [0.15, 0.2) is 5.38 Å². The first-order valence-corrected chi connectivity index (χ1v) is 5.41. The van der Waals surface area contributed by atoms with Crippen molar-refractivity contribution in [1.82, 2.24) is 4.98 Å². The molecule has 1 saturated carbocycles. The van der Waals surface area contributed by atoms with Gasteiger partial charge >= 0.3 is 0 Å². The van der Waals surface area contributed by atoms with Crippen molar-refractivity contribution in [3.8, 4) is 0 Å². The van der Waals surface area contributed by atoms with Crippen LogP contribution in [0.25, 0.3) is 0 Å². The van der Waals surface area contributed by atoms with Gasteiger partial charge in [-0.3, -0.25) is 0 Å². The van der Waals surface area contributed by atoms with Crippen LogP contribution in [0.1, 0.15) is 36.6 Å². The van der Waals surface area contributed by atoms with Crippen LogP contribution in [0, 0.1) is 0 Å². The molecule has 2 rings (SSSR count). The van der Waals surface area contributed by atoms with Crippen molar-refractivity contribution in [3.63, 3.8) is 0 Å². The molecule has 1 aliphatic rings. The van der Waals surface area contributed by atoms with Crippen LogP contribution >= 0.6 is 11.3 Å². The Kier molecular flexibility index (Phi) is 2.30. The Balaban J connectivity index is 2.11. The number of thiazole rings is 1. The van der Waals surface area contributed by atoms with Gasteiger partial charge in [0.2, 0.25) is 0 Å². The van der Waals surface area contributed by atoms with Crippen molar-refractivity contribution in [1.29, 1.82) is 0 Å². The smallest absolute Gasteiger partial charge is 0.137 e. The van der Waals surface area contributed by atoms with E-state index in [0.29, 0.717) is 0 Å². The van der Waals surface area contributed by atoms with E-state index in [2.05, 4.69) is 15.7 Å². The molecule has 1 heterocycles. The van der Waals surface area contributed by atoms with Gasteiger partial charge in [0.1, 0.15) is 5.82 Å². The summed E-state index contributed by atoms with van der Waals surface area (Å²) in [4.78, 5) is 4.52. The maximum absolute atomic E-state index is 4.52. The summed E-state index contributed by atoms with van der Waals surface area (Å²) in [5.41, 5.74) is 0. The predicted molar refractivity (Wildman–Crippen MR) is 52.9 cm³/mol. The second-order valence-corrected chi connectivity index (χ2v) is 4.19. The topological polar surface area (TPSA) is 24.9 Å². The van der Waals surface area contributed by atoms with E-state index < -0.39 is 0 Å². The minimum atomic E-state index is 0.761. The fourth-order valence-electron chi connectivity index (χ4n) is 1.76. The third kappa shape index (κ3) is 1.46. The predicted octanol–water partition coefficient (Wildman–Crippen LogP) is 2.84. The van der Waals surface area contributed by atoms with Gasteiger partial charge in [0.05, 0.1) is 5.01 Å². The third-order valence-electron chi connectivity index (χ3n) is 2.48. The Hall–Kier alpha value is -0.570. The van der Waals surface area contributed by atoms with Crippen molar-refractivity contribution in [2.24, 2.45) is 0 Å². The zero-order chi connectivity index (χ0) is 8.39. The highest BCUT2D eigenvalue weighted by Crippen LogP contribution is 2.36. The van der Waals surface area contributed by atoms with Gasteiger partial charge in [0.25, 0.3) is 0 Å². The van der Waals surface area contributed by atoms with E-state index in [0.717, 1.165) is 11.7 Å². The first-order valence-electron chi connectivity index (χ1n) is 4.53. The molecule has 0 aromatic carbocycles. The second kappa shape index (κ2) is 3.44. The average molecular weight is 182 g/mol. The molecule has 0 bridgehead atoms. The molecule has 2 nitrogen and oxygen atoms in total.